The molecule has 1 saturated carbocycles. The van der Waals surface area contributed by atoms with Gasteiger partial charge in [0.2, 0.25) is 0 Å². The monoisotopic (exact) mass is 247 g/mol. The van der Waals surface area contributed by atoms with Crippen molar-refractivity contribution in [3.63, 3.8) is 0 Å². The number of amides is 1. The maximum atomic E-state index is 12.5. The van der Waals surface area contributed by atoms with E-state index >= 15 is 0 Å². The fourth-order valence-corrected chi connectivity index (χ4v) is 2.91. The summed E-state index contributed by atoms with van der Waals surface area (Å²) in [4.78, 5) is 14.4. The van der Waals surface area contributed by atoms with Gasteiger partial charge in [0.15, 0.2) is 0 Å². The van der Waals surface area contributed by atoms with Crippen LogP contribution in [0.1, 0.15) is 48.6 Å². The van der Waals surface area contributed by atoms with E-state index in [0.717, 1.165) is 25.1 Å². The zero-order valence-electron chi connectivity index (χ0n) is 10.7. The highest BCUT2D eigenvalue weighted by molar-refractivity contribution is 5.93. The summed E-state index contributed by atoms with van der Waals surface area (Å²) in [5.74, 6) is 0.155. The first-order chi connectivity index (χ1) is 8.75. The smallest absolute Gasteiger partial charge is 0.270 e. The lowest BCUT2D eigenvalue weighted by molar-refractivity contribution is 0.0692. The van der Waals surface area contributed by atoms with Crippen molar-refractivity contribution in [1.82, 2.24) is 9.47 Å². The van der Waals surface area contributed by atoms with Crippen molar-refractivity contribution in [2.45, 2.75) is 44.2 Å². The van der Waals surface area contributed by atoms with Crippen LogP contribution in [0, 0.1) is 0 Å². The summed E-state index contributed by atoms with van der Waals surface area (Å²) >= 11 is 0. The Hall–Kier alpha value is -1.29. The maximum absolute atomic E-state index is 12.5. The standard InChI is InChI=1S/C14H21N3O/c15-11-4-2-8-16(10-11)14(18)13-7-3-9-17(13)12-5-1-6-12/h3,7,9,11-12H,1-2,4-6,8,10,15H2. The predicted octanol–water partition coefficient (Wildman–Crippen LogP) is 1.78. The van der Waals surface area contributed by atoms with E-state index in [1.54, 1.807) is 0 Å². The van der Waals surface area contributed by atoms with Gasteiger partial charge in [0, 0.05) is 31.4 Å². The zero-order valence-corrected chi connectivity index (χ0v) is 10.7. The van der Waals surface area contributed by atoms with E-state index in [1.165, 1.54) is 19.3 Å². The normalized spacial score (nSPS) is 24.9. The molecule has 18 heavy (non-hydrogen) atoms. The van der Waals surface area contributed by atoms with Crippen molar-refractivity contribution in [1.29, 1.82) is 0 Å². The van der Waals surface area contributed by atoms with Gasteiger partial charge in [-0.05, 0) is 44.2 Å². The predicted molar refractivity (Wildman–Crippen MR) is 70.4 cm³/mol. The van der Waals surface area contributed by atoms with Crippen molar-refractivity contribution in [2.24, 2.45) is 5.73 Å². The lowest BCUT2D eigenvalue weighted by Crippen LogP contribution is -2.46. The van der Waals surface area contributed by atoms with Crippen LogP contribution >= 0.6 is 0 Å². The van der Waals surface area contributed by atoms with E-state index in [9.17, 15) is 4.79 Å². The molecule has 1 aliphatic heterocycles. The molecule has 0 radical (unpaired) electrons. The van der Waals surface area contributed by atoms with E-state index in [-0.39, 0.29) is 11.9 Å². The molecule has 1 aliphatic carbocycles. The second-order valence-electron chi connectivity index (χ2n) is 5.54. The van der Waals surface area contributed by atoms with Crippen LogP contribution in [0.5, 0.6) is 0 Å². The number of likely N-dealkylation sites (tertiary alicyclic amines) is 1. The van der Waals surface area contributed by atoms with Crippen molar-refractivity contribution in [3.8, 4) is 0 Å². The van der Waals surface area contributed by atoms with Gasteiger partial charge in [-0.1, -0.05) is 0 Å². The minimum Gasteiger partial charge on any atom is -0.340 e. The second kappa shape index (κ2) is 4.76. The van der Waals surface area contributed by atoms with Crippen molar-refractivity contribution in [3.05, 3.63) is 24.0 Å². The van der Waals surface area contributed by atoms with Crippen LogP contribution in [0.25, 0.3) is 0 Å². The van der Waals surface area contributed by atoms with Crippen LogP contribution in [-0.4, -0.2) is 34.5 Å². The van der Waals surface area contributed by atoms with Crippen LogP contribution in [0.3, 0.4) is 0 Å². The Morgan fingerprint density at radius 3 is 2.78 bits per heavy atom. The van der Waals surface area contributed by atoms with E-state index < -0.39 is 0 Å². The molecule has 1 unspecified atom stereocenters. The Morgan fingerprint density at radius 1 is 1.28 bits per heavy atom. The van der Waals surface area contributed by atoms with Gasteiger partial charge in [-0.15, -0.1) is 0 Å². The highest BCUT2D eigenvalue weighted by Crippen LogP contribution is 2.33. The van der Waals surface area contributed by atoms with Crippen molar-refractivity contribution < 1.29 is 4.79 Å². The molecule has 4 heteroatoms. The summed E-state index contributed by atoms with van der Waals surface area (Å²) in [5, 5.41) is 0. The molecule has 2 N–H and O–H groups in total. The Balaban J connectivity index is 1.77. The number of aromatic nitrogens is 1. The van der Waals surface area contributed by atoms with Crippen LogP contribution in [0.4, 0.5) is 0 Å². The number of rotatable bonds is 2. The van der Waals surface area contributed by atoms with Gasteiger partial charge in [-0.2, -0.15) is 0 Å². The second-order valence-corrected chi connectivity index (χ2v) is 5.54. The molecule has 0 aromatic carbocycles. The van der Waals surface area contributed by atoms with Crippen LogP contribution in [-0.2, 0) is 0 Å². The number of carbonyl (C=O) groups is 1. The van der Waals surface area contributed by atoms with E-state index in [2.05, 4.69) is 4.57 Å². The van der Waals surface area contributed by atoms with E-state index in [1.807, 2.05) is 23.2 Å². The molecule has 1 saturated heterocycles. The van der Waals surface area contributed by atoms with E-state index in [0.29, 0.717) is 12.6 Å². The van der Waals surface area contributed by atoms with Crippen LogP contribution < -0.4 is 5.73 Å². The maximum Gasteiger partial charge on any atom is 0.270 e. The number of hydrogen-bond donors (Lipinski definition) is 1. The molecule has 1 aromatic heterocycles. The third-order valence-corrected chi connectivity index (χ3v) is 4.21. The van der Waals surface area contributed by atoms with Gasteiger partial charge in [0.1, 0.15) is 5.69 Å². The Bertz CT molecular complexity index is 436. The molecule has 2 aliphatic rings. The number of nitrogens with zero attached hydrogens (tertiary/aromatic N) is 2. The van der Waals surface area contributed by atoms with Gasteiger partial charge in [-0.25, -0.2) is 0 Å². The van der Waals surface area contributed by atoms with Crippen molar-refractivity contribution in [2.75, 3.05) is 13.1 Å². The zero-order chi connectivity index (χ0) is 12.5. The van der Waals surface area contributed by atoms with Gasteiger partial charge in [0.25, 0.3) is 5.91 Å². The Labute approximate surface area is 108 Å². The first-order valence-corrected chi connectivity index (χ1v) is 6.97. The van der Waals surface area contributed by atoms with Gasteiger partial charge in [-0.3, -0.25) is 4.79 Å². The molecule has 4 nitrogen and oxygen atoms in total. The Morgan fingerprint density at radius 2 is 2.11 bits per heavy atom. The highest BCUT2D eigenvalue weighted by atomic mass is 16.2. The molecule has 2 heterocycles. The fourth-order valence-electron chi connectivity index (χ4n) is 2.91. The molecule has 0 spiro atoms. The molecular formula is C14H21N3O. The van der Waals surface area contributed by atoms with Gasteiger partial charge < -0.3 is 15.2 Å². The van der Waals surface area contributed by atoms with Gasteiger partial charge >= 0.3 is 0 Å². The summed E-state index contributed by atoms with van der Waals surface area (Å²) in [5.41, 5.74) is 6.79. The first kappa shape index (κ1) is 11.8. The number of hydrogen-bond acceptors (Lipinski definition) is 2. The third kappa shape index (κ3) is 2.05. The summed E-state index contributed by atoms with van der Waals surface area (Å²) in [6.45, 7) is 1.55. The average Bonchev–Trinajstić information content (AvgIpc) is 2.74. The van der Waals surface area contributed by atoms with Crippen LogP contribution in [0.2, 0.25) is 0 Å². The molecule has 98 valence electrons. The van der Waals surface area contributed by atoms with Crippen molar-refractivity contribution >= 4 is 5.91 Å². The highest BCUT2D eigenvalue weighted by Gasteiger charge is 2.27. The van der Waals surface area contributed by atoms with Crippen LogP contribution in [0.15, 0.2) is 18.3 Å². The number of carbonyl (C=O) groups excluding carboxylic acids is 1. The van der Waals surface area contributed by atoms with E-state index in [4.69, 9.17) is 5.73 Å². The topological polar surface area (TPSA) is 51.3 Å². The summed E-state index contributed by atoms with van der Waals surface area (Å²) in [6.07, 6.45) is 7.79. The minimum atomic E-state index is 0.148. The molecule has 1 aromatic rings. The lowest BCUT2D eigenvalue weighted by Gasteiger charge is -2.33. The summed E-state index contributed by atoms with van der Waals surface area (Å²) in [6, 6.07) is 4.61. The average molecular weight is 247 g/mol. The number of nitrogens with two attached hydrogens (primary N) is 1. The molecule has 0 bridgehead atoms. The quantitative estimate of drug-likeness (QED) is 0.866. The minimum absolute atomic E-state index is 0.148. The fraction of sp³-hybridized carbons (Fsp3) is 0.643. The summed E-state index contributed by atoms with van der Waals surface area (Å²) in [7, 11) is 0. The Kier molecular flexibility index (Phi) is 3.12. The lowest BCUT2D eigenvalue weighted by atomic mass is 9.92. The molecule has 1 atom stereocenters. The molecular weight excluding hydrogens is 226 g/mol. The SMILES string of the molecule is NC1CCCN(C(=O)c2cccn2C2CCC2)C1. The largest absolute Gasteiger partial charge is 0.340 e. The number of piperidine rings is 1. The first-order valence-electron chi connectivity index (χ1n) is 6.97. The molecule has 1 amide bonds. The molecule has 2 fully saturated rings. The van der Waals surface area contributed by atoms with Gasteiger partial charge in [0.05, 0.1) is 0 Å². The third-order valence-electron chi connectivity index (χ3n) is 4.21. The summed E-state index contributed by atoms with van der Waals surface area (Å²) < 4.78 is 2.16. The molecule has 3 rings (SSSR count).